The third kappa shape index (κ3) is 5.03. The molecule has 7 rings (SSSR count). The van der Waals surface area contributed by atoms with Crippen LogP contribution < -0.4 is 20.5 Å². The SMILES string of the molecule is COc1cc(C(=O)NC[C@@](O)(c2ccccc2)c2cc3c(c(-c4cccc(F)c4Cl)n2)OC[C@]3(C)C(N)=O)cc2cn(C3(F)CC3)nc12. The monoisotopic (exact) mass is 673 g/mol. The molecule has 1 saturated carbocycles. The lowest BCUT2D eigenvalue weighted by Crippen LogP contribution is -2.43. The molecule has 10 nitrogen and oxygen atoms in total. The number of hydrogen-bond acceptors (Lipinski definition) is 7. The van der Waals surface area contributed by atoms with Crippen LogP contribution in [0.4, 0.5) is 8.78 Å². The van der Waals surface area contributed by atoms with E-state index in [0.29, 0.717) is 34.9 Å². The summed E-state index contributed by atoms with van der Waals surface area (Å²) in [5.41, 5.74) is 4.07. The van der Waals surface area contributed by atoms with E-state index in [-0.39, 0.29) is 52.2 Å². The lowest BCUT2D eigenvalue weighted by molar-refractivity contribution is -0.123. The van der Waals surface area contributed by atoms with Gasteiger partial charge in [0.05, 0.1) is 24.4 Å². The average molecular weight is 674 g/mol. The molecule has 0 radical (unpaired) electrons. The summed E-state index contributed by atoms with van der Waals surface area (Å²) in [5, 5.41) is 19.9. The van der Waals surface area contributed by atoms with Crippen molar-refractivity contribution >= 4 is 34.3 Å². The van der Waals surface area contributed by atoms with E-state index in [0.717, 1.165) is 0 Å². The molecule has 2 amide bonds. The number of carbonyl (C=O) groups is 2. The molecule has 1 fully saturated rings. The molecule has 4 N–H and O–H groups in total. The highest BCUT2D eigenvalue weighted by Crippen LogP contribution is 2.48. The number of nitrogens with one attached hydrogen (secondary N) is 1. The van der Waals surface area contributed by atoms with Gasteiger partial charge in [-0.05, 0) is 36.8 Å². The van der Waals surface area contributed by atoms with E-state index in [1.54, 1.807) is 49.4 Å². The molecule has 1 aliphatic carbocycles. The van der Waals surface area contributed by atoms with Crippen LogP contribution in [0.5, 0.6) is 11.5 Å². The number of methoxy groups -OCH3 is 1. The second kappa shape index (κ2) is 11.3. The van der Waals surface area contributed by atoms with Crippen LogP contribution in [0.15, 0.2) is 72.9 Å². The number of primary amides is 1. The van der Waals surface area contributed by atoms with Crippen molar-refractivity contribution in [1.82, 2.24) is 20.1 Å². The minimum Gasteiger partial charge on any atom is -0.494 e. The number of nitrogens with zero attached hydrogens (tertiary/aromatic N) is 3. The van der Waals surface area contributed by atoms with Crippen LogP contribution in [0.2, 0.25) is 5.02 Å². The van der Waals surface area contributed by atoms with E-state index in [2.05, 4.69) is 10.4 Å². The predicted octanol–water partition coefficient (Wildman–Crippen LogP) is 5.12. The van der Waals surface area contributed by atoms with E-state index < -0.39 is 34.4 Å². The zero-order chi connectivity index (χ0) is 34.0. The maximum Gasteiger partial charge on any atom is 0.251 e. The molecule has 2 aliphatic rings. The van der Waals surface area contributed by atoms with E-state index in [9.17, 15) is 23.5 Å². The summed E-state index contributed by atoms with van der Waals surface area (Å²) in [6.45, 7) is 1.10. The molecule has 3 aromatic carbocycles. The van der Waals surface area contributed by atoms with Crippen LogP contribution in [0.25, 0.3) is 22.2 Å². The number of halogens is 3. The number of nitrogens with two attached hydrogens (primary N) is 1. The molecule has 0 spiro atoms. The number of pyridine rings is 1. The highest BCUT2D eigenvalue weighted by molar-refractivity contribution is 6.33. The van der Waals surface area contributed by atoms with Gasteiger partial charge in [-0.15, -0.1) is 0 Å². The lowest BCUT2D eigenvalue weighted by Gasteiger charge is -2.30. The fourth-order valence-corrected chi connectivity index (χ4v) is 6.18. The first-order chi connectivity index (χ1) is 22.9. The van der Waals surface area contributed by atoms with Gasteiger partial charge in [0, 0.05) is 41.1 Å². The Morgan fingerprint density at radius 3 is 2.60 bits per heavy atom. The number of carbonyl (C=O) groups excluding carboxylic acids is 2. The molecule has 1 aliphatic heterocycles. The Morgan fingerprint density at radius 2 is 1.92 bits per heavy atom. The van der Waals surface area contributed by atoms with Crippen LogP contribution in [0, 0.1) is 5.82 Å². The molecule has 2 atom stereocenters. The average Bonchev–Trinajstić information content (AvgIpc) is 3.52. The highest BCUT2D eigenvalue weighted by atomic mass is 35.5. The summed E-state index contributed by atoms with van der Waals surface area (Å²) in [7, 11) is 1.43. The molecule has 3 heterocycles. The second-order valence-electron chi connectivity index (χ2n) is 12.3. The van der Waals surface area contributed by atoms with Crippen molar-refractivity contribution in [2.45, 2.75) is 36.6 Å². The summed E-state index contributed by atoms with van der Waals surface area (Å²) in [6, 6.07) is 17.3. The quantitative estimate of drug-likeness (QED) is 0.197. The van der Waals surface area contributed by atoms with Gasteiger partial charge in [0.15, 0.2) is 0 Å². The van der Waals surface area contributed by atoms with Crippen LogP contribution in [-0.2, 0) is 21.6 Å². The van der Waals surface area contributed by atoms with Crippen molar-refractivity contribution in [1.29, 1.82) is 0 Å². The zero-order valence-corrected chi connectivity index (χ0v) is 26.6. The number of hydrogen-bond donors (Lipinski definition) is 3. The van der Waals surface area contributed by atoms with Crippen molar-refractivity contribution in [3.63, 3.8) is 0 Å². The van der Waals surface area contributed by atoms with Gasteiger partial charge in [-0.25, -0.2) is 18.4 Å². The van der Waals surface area contributed by atoms with Crippen molar-refractivity contribution in [2.75, 3.05) is 20.3 Å². The van der Waals surface area contributed by atoms with Gasteiger partial charge < -0.3 is 25.6 Å². The third-order valence-corrected chi connectivity index (χ3v) is 9.52. The number of ether oxygens (including phenoxy) is 2. The first kappa shape index (κ1) is 31.5. The van der Waals surface area contributed by atoms with Gasteiger partial charge in [-0.1, -0.05) is 54.1 Å². The molecule has 13 heteroatoms. The number of fused-ring (bicyclic) bond motifs is 2. The second-order valence-corrected chi connectivity index (χ2v) is 12.7. The Balaban J connectivity index is 1.32. The van der Waals surface area contributed by atoms with E-state index >= 15 is 0 Å². The Kier molecular flexibility index (Phi) is 7.41. The topological polar surface area (TPSA) is 142 Å². The molecule has 5 aromatic rings. The molecule has 0 unspecified atom stereocenters. The number of alkyl halides is 1. The summed E-state index contributed by atoms with van der Waals surface area (Å²) >= 11 is 6.39. The number of aromatic nitrogens is 3. The Morgan fingerprint density at radius 1 is 1.17 bits per heavy atom. The fraction of sp³-hybridized carbons (Fsp3) is 0.257. The number of amides is 2. The minimum atomic E-state index is -1.99. The molecule has 48 heavy (non-hydrogen) atoms. The molecule has 0 bridgehead atoms. The molecule has 246 valence electrons. The number of rotatable bonds is 9. The van der Waals surface area contributed by atoms with Crippen molar-refractivity contribution in [3.05, 3.63) is 106 Å². The predicted molar refractivity (Wildman–Crippen MR) is 173 cm³/mol. The van der Waals surface area contributed by atoms with Crippen LogP contribution in [-0.4, -0.2) is 51.9 Å². The highest BCUT2D eigenvalue weighted by Gasteiger charge is 2.47. The van der Waals surface area contributed by atoms with Gasteiger partial charge in [0.2, 0.25) is 11.7 Å². The standard InChI is InChI=1S/C35H30ClF2N5O5/c1-33(32(39)45)18-48-30-23(33)15-26(41-29(30)22-9-6-10-24(37)27(22)36)35(46,21-7-4-3-5-8-21)17-40-31(44)19-13-20-16-43(34(38)11-12-34)42-28(20)25(14-19)47-2/h3-10,13-16,46H,11-12,17-18H2,1-2H3,(H2,39,45)(H,40,44)/t33-,35+/m0/s1. The van der Waals surface area contributed by atoms with Gasteiger partial charge in [0.25, 0.3) is 5.91 Å². The Labute approximate surface area is 278 Å². The van der Waals surface area contributed by atoms with Crippen molar-refractivity contribution in [3.8, 4) is 22.8 Å². The van der Waals surface area contributed by atoms with Crippen molar-refractivity contribution in [2.24, 2.45) is 5.73 Å². The molecular formula is C35H30ClF2N5O5. The Bertz CT molecular complexity index is 2120. The fourth-order valence-electron chi connectivity index (χ4n) is 5.96. The van der Waals surface area contributed by atoms with E-state index in [4.69, 9.17) is 31.8 Å². The molecule has 2 aromatic heterocycles. The van der Waals surface area contributed by atoms with Gasteiger partial charge >= 0.3 is 0 Å². The normalized spacial score (nSPS) is 18.9. The maximum absolute atomic E-state index is 14.8. The van der Waals surface area contributed by atoms with Gasteiger partial charge in [-0.2, -0.15) is 5.10 Å². The van der Waals surface area contributed by atoms with Gasteiger partial charge in [-0.3, -0.25) is 9.59 Å². The third-order valence-electron chi connectivity index (χ3n) is 9.13. The maximum atomic E-state index is 14.8. The van der Waals surface area contributed by atoms with Crippen molar-refractivity contribution < 1.29 is 33.0 Å². The summed E-state index contributed by atoms with van der Waals surface area (Å²) in [6.07, 6.45) is 2.24. The minimum absolute atomic E-state index is 0.0213. The zero-order valence-electron chi connectivity index (χ0n) is 25.9. The first-order valence-corrected chi connectivity index (χ1v) is 15.5. The summed E-state index contributed by atoms with van der Waals surface area (Å²) in [5.74, 6) is -3.05. The van der Waals surface area contributed by atoms with Gasteiger partial charge in [0.1, 0.15) is 46.1 Å². The lowest BCUT2D eigenvalue weighted by atomic mass is 9.80. The van der Waals surface area contributed by atoms with Crippen LogP contribution in [0.3, 0.4) is 0 Å². The van der Waals surface area contributed by atoms with E-state index in [1.807, 2.05) is 0 Å². The smallest absolute Gasteiger partial charge is 0.251 e. The molecular weight excluding hydrogens is 644 g/mol. The van der Waals surface area contributed by atoms with Crippen LogP contribution >= 0.6 is 11.6 Å². The summed E-state index contributed by atoms with van der Waals surface area (Å²) in [4.78, 5) is 31.2. The Hall–Kier alpha value is -5.07. The van der Waals surface area contributed by atoms with E-state index in [1.165, 1.54) is 42.3 Å². The largest absolute Gasteiger partial charge is 0.494 e. The molecule has 0 saturated heterocycles. The van der Waals surface area contributed by atoms with Crippen LogP contribution in [0.1, 0.15) is 46.9 Å². The number of benzene rings is 3. The number of aliphatic hydroxyl groups is 1. The summed E-state index contributed by atoms with van der Waals surface area (Å²) < 4.78 is 42.1. The first-order valence-electron chi connectivity index (χ1n) is 15.1.